The number of nitrogens with zero attached hydrogens (tertiary/aromatic N) is 2. The summed E-state index contributed by atoms with van der Waals surface area (Å²) in [6.07, 6.45) is 6.34. The largest absolute Gasteiger partial charge is 0.315 e. The van der Waals surface area contributed by atoms with Crippen LogP contribution in [0.15, 0.2) is 0 Å². The van der Waals surface area contributed by atoms with Crippen molar-refractivity contribution in [1.29, 1.82) is 0 Å². The van der Waals surface area contributed by atoms with Crippen LogP contribution in [-0.2, 0) is 19.4 Å². The van der Waals surface area contributed by atoms with Crippen LogP contribution in [0.1, 0.15) is 36.2 Å². The number of H-pyrrole nitrogens is 1. The second kappa shape index (κ2) is 5.19. The van der Waals surface area contributed by atoms with E-state index in [1.54, 1.807) is 0 Å². The van der Waals surface area contributed by atoms with E-state index in [1.165, 1.54) is 55.6 Å². The third kappa shape index (κ3) is 2.53. The molecule has 3 rings (SSSR count). The van der Waals surface area contributed by atoms with Crippen LogP contribution < -0.4 is 5.32 Å². The van der Waals surface area contributed by atoms with Crippen molar-refractivity contribution in [2.24, 2.45) is 0 Å². The Kier molecular flexibility index (Phi) is 3.43. The normalized spacial score (nSPS) is 22.1. The van der Waals surface area contributed by atoms with E-state index in [2.05, 4.69) is 20.4 Å². The predicted molar refractivity (Wildman–Crippen MR) is 68.0 cm³/mol. The Hall–Kier alpha value is -0.870. The van der Waals surface area contributed by atoms with Crippen molar-refractivity contribution in [2.45, 2.75) is 38.6 Å². The Morgan fingerprint density at radius 1 is 1.06 bits per heavy atom. The maximum absolute atomic E-state index is 4.54. The van der Waals surface area contributed by atoms with Gasteiger partial charge in [0, 0.05) is 25.3 Å². The Morgan fingerprint density at radius 2 is 2.00 bits per heavy atom. The van der Waals surface area contributed by atoms with Crippen LogP contribution in [0.5, 0.6) is 0 Å². The van der Waals surface area contributed by atoms with Crippen LogP contribution in [-0.4, -0.2) is 41.3 Å². The summed E-state index contributed by atoms with van der Waals surface area (Å²) in [5, 5.41) is 11.2. The molecule has 2 heterocycles. The molecule has 0 saturated carbocycles. The second-order valence-corrected chi connectivity index (χ2v) is 5.21. The number of hydrogen-bond acceptors (Lipinski definition) is 3. The summed E-state index contributed by atoms with van der Waals surface area (Å²) in [5.74, 6) is 0. The lowest BCUT2D eigenvalue weighted by atomic mass is 9.96. The van der Waals surface area contributed by atoms with Gasteiger partial charge < -0.3 is 5.32 Å². The van der Waals surface area contributed by atoms with Crippen LogP contribution in [0.2, 0.25) is 0 Å². The summed E-state index contributed by atoms with van der Waals surface area (Å²) in [7, 11) is 0. The quantitative estimate of drug-likeness (QED) is 0.805. The summed E-state index contributed by atoms with van der Waals surface area (Å²) in [4.78, 5) is 2.53. The van der Waals surface area contributed by atoms with Gasteiger partial charge in [0.25, 0.3) is 0 Å². The maximum Gasteiger partial charge on any atom is 0.0797 e. The Labute approximate surface area is 103 Å². The molecule has 1 aliphatic carbocycles. The monoisotopic (exact) mass is 234 g/mol. The molecule has 1 aliphatic heterocycles. The van der Waals surface area contributed by atoms with E-state index in [0.29, 0.717) is 0 Å². The number of fused-ring (bicyclic) bond motifs is 1. The van der Waals surface area contributed by atoms with Gasteiger partial charge >= 0.3 is 0 Å². The molecule has 17 heavy (non-hydrogen) atoms. The van der Waals surface area contributed by atoms with E-state index in [0.717, 1.165) is 26.2 Å². The molecule has 0 amide bonds. The van der Waals surface area contributed by atoms with Gasteiger partial charge in [-0.2, -0.15) is 5.10 Å². The number of rotatable bonds is 2. The third-order valence-electron chi connectivity index (χ3n) is 3.95. The molecule has 0 unspecified atom stereocenters. The van der Waals surface area contributed by atoms with Crippen molar-refractivity contribution < 1.29 is 0 Å². The van der Waals surface area contributed by atoms with Crippen LogP contribution in [0.25, 0.3) is 0 Å². The molecule has 1 fully saturated rings. The molecule has 1 aromatic rings. The second-order valence-electron chi connectivity index (χ2n) is 5.21. The van der Waals surface area contributed by atoms with Gasteiger partial charge in [-0.3, -0.25) is 10.00 Å². The molecule has 1 saturated heterocycles. The van der Waals surface area contributed by atoms with Gasteiger partial charge in [-0.05, 0) is 50.8 Å². The summed E-state index contributed by atoms with van der Waals surface area (Å²) >= 11 is 0. The number of aryl methyl sites for hydroxylation is 1. The number of hydrogen-bond donors (Lipinski definition) is 2. The number of aromatic amines is 1. The van der Waals surface area contributed by atoms with E-state index in [9.17, 15) is 0 Å². The molecular weight excluding hydrogens is 212 g/mol. The first-order chi connectivity index (χ1) is 8.43. The fraction of sp³-hybridized carbons (Fsp3) is 0.769. The lowest BCUT2D eigenvalue weighted by Gasteiger charge is -2.19. The first-order valence-electron chi connectivity index (χ1n) is 6.91. The van der Waals surface area contributed by atoms with Crippen LogP contribution in [0.3, 0.4) is 0 Å². The van der Waals surface area contributed by atoms with E-state index >= 15 is 0 Å². The van der Waals surface area contributed by atoms with Crippen LogP contribution in [0.4, 0.5) is 0 Å². The first-order valence-corrected chi connectivity index (χ1v) is 6.91. The molecular formula is C13H22N4. The van der Waals surface area contributed by atoms with Gasteiger partial charge in [0.2, 0.25) is 0 Å². The zero-order chi connectivity index (χ0) is 11.5. The summed E-state index contributed by atoms with van der Waals surface area (Å²) in [6.45, 7) is 5.67. The zero-order valence-corrected chi connectivity index (χ0v) is 10.5. The van der Waals surface area contributed by atoms with Crippen LogP contribution >= 0.6 is 0 Å². The van der Waals surface area contributed by atoms with Gasteiger partial charge in [-0.1, -0.05) is 0 Å². The maximum atomic E-state index is 4.54. The highest BCUT2D eigenvalue weighted by Crippen LogP contribution is 2.23. The number of nitrogens with one attached hydrogen (secondary N) is 2. The van der Waals surface area contributed by atoms with Gasteiger partial charge in [0.05, 0.1) is 5.69 Å². The van der Waals surface area contributed by atoms with Crippen molar-refractivity contribution in [3.05, 3.63) is 17.0 Å². The molecule has 2 aliphatic rings. The first kappa shape index (κ1) is 11.2. The Bertz CT molecular complexity index is 363. The predicted octanol–water partition coefficient (Wildman–Crippen LogP) is 1.08. The van der Waals surface area contributed by atoms with E-state index in [4.69, 9.17) is 0 Å². The van der Waals surface area contributed by atoms with Crippen molar-refractivity contribution in [2.75, 3.05) is 26.2 Å². The minimum Gasteiger partial charge on any atom is -0.315 e. The SMILES string of the molecule is C1CCc2c(CN3CCCNCC3)n[nH]c2C1. The lowest BCUT2D eigenvalue weighted by molar-refractivity contribution is 0.280. The smallest absolute Gasteiger partial charge is 0.0797 e. The van der Waals surface area contributed by atoms with Gasteiger partial charge in [-0.15, -0.1) is 0 Å². The Morgan fingerprint density at radius 3 is 3.00 bits per heavy atom. The van der Waals surface area contributed by atoms with Gasteiger partial charge in [-0.25, -0.2) is 0 Å². The van der Waals surface area contributed by atoms with Crippen molar-refractivity contribution >= 4 is 0 Å². The van der Waals surface area contributed by atoms with E-state index < -0.39 is 0 Å². The van der Waals surface area contributed by atoms with E-state index in [-0.39, 0.29) is 0 Å². The van der Waals surface area contributed by atoms with Gasteiger partial charge in [0.1, 0.15) is 0 Å². The molecule has 0 radical (unpaired) electrons. The van der Waals surface area contributed by atoms with Gasteiger partial charge in [0.15, 0.2) is 0 Å². The molecule has 0 aromatic carbocycles. The van der Waals surface area contributed by atoms with E-state index in [1.807, 2.05) is 0 Å². The average molecular weight is 234 g/mol. The van der Waals surface area contributed by atoms with Crippen LogP contribution in [0, 0.1) is 0 Å². The minimum absolute atomic E-state index is 1.04. The third-order valence-corrected chi connectivity index (χ3v) is 3.95. The lowest BCUT2D eigenvalue weighted by Crippen LogP contribution is -2.28. The van der Waals surface area contributed by atoms with Crippen molar-refractivity contribution in [1.82, 2.24) is 20.4 Å². The summed E-state index contributed by atoms with van der Waals surface area (Å²) < 4.78 is 0. The van der Waals surface area contributed by atoms with Crippen molar-refractivity contribution in [3.63, 3.8) is 0 Å². The van der Waals surface area contributed by atoms with Crippen molar-refractivity contribution in [3.8, 4) is 0 Å². The number of aromatic nitrogens is 2. The highest BCUT2D eigenvalue weighted by molar-refractivity contribution is 5.27. The molecule has 2 N–H and O–H groups in total. The topological polar surface area (TPSA) is 44.0 Å². The fourth-order valence-corrected chi connectivity index (χ4v) is 2.95. The summed E-state index contributed by atoms with van der Waals surface area (Å²) in [6, 6.07) is 0. The average Bonchev–Trinajstić information content (AvgIpc) is 2.59. The summed E-state index contributed by atoms with van der Waals surface area (Å²) in [5.41, 5.74) is 4.23. The molecule has 0 bridgehead atoms. The molecule has 1 aromatic heterocycles. The minimum atomic E-state index is 1.04. The standard InChI is InChI=1S/C13H22N4/c1-2-5-12-11(4-1)13(16-15-12)10-17-8-3-6-14-7-9-17/h14H,1-10H2,(H,15,16). The molecule has 0 spiro atoms. The zero-order valence-electron chi connectivity index (χ0n) is 10.5. The highest BCUT2D eigenvalue weighted by Gasteiger charge is 2.19. The Balaban J connectivity index is 1.69. The molecule has 4 heteroatoms. The molecule has 94 valence electrons. The molecule has 0 atom stereocenters. The molecule has 4 nitrogen and oxygen atoms in total. The highest BCUT2D eigenvalue weighted by atomic mass is 15.2. The fourth-order valence-electron chi connectivity index (χ4n) is 2.95.